The number of carbonyl (C=O) groups excluding carboxylic acids is 2. The van der Waals surface area contributed by atoms with Gasteiger partial charge < -0.3 is 4.74 Å². The molecule has 0 unspecified atom stereocenters. The van der Waals surface area contributed by atoms with E-state index in [1.54, 1.807) is 0 Å². The van der Waals surface area contributed by atoms with Gasteiger partial charge in [0.25, 0.3) is 0 Å². The van der Waals surface area contributed by atoms with E-state index in [-0.39, 0.29) is 5.57 Å². The molecule has 1 rings (SSSR count). The molecular weight excluding hydrogens is 275 g/mol. The molecule has 0 N–H and O–H groups in total. The van der Waals surface area contributed by atoms with E-state index in [4.69, 9.17) is 0 Å². The van der Waals surface area contributed by atoms with E-state index in [1.807, 2.05) is 0 Å². The second-order valence-corrected chi connectivity index (χ2v) is 3.40. The Kier molecular flexibility index (Phi) is 4.03. The summed E-state index contributed by atoms with van der Waals surface area (Å²) < 4.78 is 68.5. The lowest BCUT2D eigenvalue weighted by molar-refractivity contribution is -0.133. The molecule has 0 aromatic heterocycles. The van der Waals surface area contributed by atoms with Crippen LogP contribution in [0.1, 0.15) is 17.3 Å². The fourth-order valence-electron chi connectivity index (χ4n) is 1.01. The van der Waals surface area contributed by atoms with Crippen LogP contribution in [-0.2, 0) is 9.53 Å². The summed E-state index contributed by atoms with van der Waals surface area (Å²) in [5.41, 5.74) is -2.14. The highest BCUT2D eigenvalue weighted by Gasteiger charge is 2.31. The van der Waals surface area contributed by atoms with Gasteiger partial charge in [0.05, 0.1) is 0 Å². The number of hydrogen-bond donors (Lipinski definition) is 0. The van der Waals surface area contributed by atoms with Crippen molar-refractivity contribution >= 4 is 11.9 Å². The van der Waals surface area contributed by atoms with Crippen LogP contribution in [0.4, 0.5) is 22.0 Å². The number of esters is 2. The molecule has 0 aliphatic rings. The Morgan fingerprint density at radius 2 is 1.26 bits per heavy atom. The molecular formula is C11H5F5O3. The first-order chi connectivity index (χ1) is 8.68. The van der Waals surface area contributed by atoms with Gasteiger partial charge in [-0.05, 0) is 6.92 Å². The first-order valence-corrected chi connectivity index (χ1v) is 4.61. The number of carbonyl (C=O) groups is 2. The zero-order valence-electron chi connectivity index (χ0n) is 9.32. The highest BCUT2D eigenvalue weighted by atomic mass is 19.2. The van der Waals surface area contributed by atoms with Crippen LogP contribution < -0.4 is 0 Å². The highest BCUT2D eigenvalue weighted by Crippen LogP contribution is 2.23. The minimum absolute atomic E-state index is 0.294. The van der Waals surface area contributed by atoms with Gasteiger partial charge in [0.15, 0.2) is 23.3 Å². The van der Waals surface area contributed by atoms with Crippen molar-refractivity contribution in [2.45, 2.75) is 6.92 Å². The smallest absolute Gasteiger partial charge is 0.352 e. The molecule has 0 fully saturated rings. The van der Waals surface area contributed by atoms with Crippen molar-refractivity contribution in [3.8, 4) is 0 Å². The fourth-order valence-corrected chi connectivity index (χ4v) is 1.01. The summed E-state index contributed by atoms with van der Waals surface area (Å²) in [4.78, 5) is 22.1. The van der Waals surface area contributed by atoms with Gasteiger partial charge in [-0.15, -0.1) is 0 Å². The van der Waals surface area contributed by atoms with Gasteiger partial charge in [0, 0.05) is 5.57 Å². The van der Waals surface area contributed by atoms with Crippen molar-refractivity contribution in [1.29, 1.82) is 0 Å². The molecule has 102 valence electrons. The van der Waals surface area contributed by atoms with Crippen LogP contribution in [0.5, 0.6) is 0 Å². The molecule has 3 nitrogen and oxygen atoms in total. The van der Waals surface area contributed by atoms with E-state index < -0.39 is 46.6 Å². The maximum Gasteiger partial charge on any atom is 0.352 e. The van der Waals surface area contributed by atoms with Crippen LogP contribution in [0.25, 0.3) is 0 Å². The molecule has 0 atom stereocenters. The Bertz CT molecular complexity index is 565. The lowest BCUT2D eigenvalue weighted by Gasteiger charge is -2.07. The zero-order chi connectivity index (χ0) is 14.9. The number of hydrogen-bond acceptors (Lipinski definition) is 3. The summed E-state index contributed by atoms with van der Waals surface area (Å²) in [6.45, 7) is 4.19. The maximum absolute atomic E-state index is 13.1. The highest BCUT2D eigenvalue weighted by molar-refractivity contribution is 6.02. The van der Waals surface area contributed by atoms with Crippen LogP contribution in [0.15, 0.2) is 12.2 Å². The van der Waals surface area contributed by atoms with E-state index in [2.05, 4.69) is 11.3 Å². The Balaban J connectivity index is 3.32. The summed E-state index contributed by atoms with van der Waals surface area (Å²) in [5, 5.41) is 0. The lowest BCUT2D eigenvalue weighted by atomic mass is 10.1. The van der Waals surface area contributed by atoms with Crippen LogP contribution >= 0.6 is 0 Å². The van der Waals surface area contributed by atoms with Gasteiger partial charge in [-0.1, -0.05) is 6.58 Å². The quantitative estimate of drug-likeness (QED) is 0.209. The monoisotopic (exact) mass is 280 g/mol. The fraction of sp³-hybridized carbons (Fsp3) is 0.0909. The molecule has 0 aliphatic carbocycles. The summed E-state index contributed by atoms with van der Waals surface area (Å²) in [6.07, 6.45) is 0. The average molecular weight is 280 g/mol. The minimum Gasteiger partial charge on any atom is -0.386 e. The summed E-state index contributed by atoms with van der Waals surface area (Å²) >= 11 is 0. The predicted octanol–water partition coefficient (Wildman–Crippen LogP) is 2.64. The van der Waals surface area contributed by atoms with Gasteiger partial charge in [-0.2, -0.15) is 0 Å². The van der Waals surface area contributed by atoms with Gasteiger partial charge in [0.1, 0.15) is 5.56 Å². The average Bonchev–Trinajstić information content (AvgIpc) is 2.34. The zero-order valence-corrected chi connectivity index (χ0v) is 9.32. The van der Waals surface area contributed by atoms with Crippen molar-refractivity contribution in [2.75, 3.05) is 0 Å². The summed E-state index contributed by atoms with van der Waals surface area (Å²) in [6, 6.07) is 0. The second-order valence-electron chi connectivity index (χ2n) is 3.40. The molecule has 8 heteroatoms. The third-order valence-electron chi connectivity index (χ3n) is 1.95. The van der Waals surface area contributed by atoms with E-state index >= 15 is 0 Å². The van der Waals surface area contributed by atoms with Gasteiger partial charge in [0.2, 0.25) is 5.82 Å². The molecule has 0 saturated heterocycles. The Morgan fingerprint density at radius 3 is 1.63 bits per heavy atom. The topological polar surface area (TPSA) is 43.4 Å². The largest absolute Gasteiger partial charge is 0.386 e. The Labute approximate surface area is 103 Å². The van der Waals surface area contributed by atoms with Crippen molar-refractivity contribution in [1.82, 2.24) is 0 Å². The number of benzene rings is 1. The lowest BCUT2D eigenvalue weighted by Crippen LogP contribution is -2.18. The van der Waals surface area contributed by atoms with Crippen molar-refractivity contribution < 1.29 is 36.3 Å². The molecule has 1 aromatic rings. The maximum atomic E-state index is 13.1. The molecule has 0 radical (unpaired) electrons. The predicted molar refractivity (Wildman–Crippen MR) is 51.5 cm³/mol. The molecule has 0 bridgehead atoms. The van der Waals surface area contributed by atoms with Crippen molar-refractivity contribution in [3.63, 3.8) is 0 Å². The van der Waals surface area contributed by atoms with E-state index in [0.717, 1.165) is 6.92 Å². The van der Waals surface area contributed by atoms with Crippen LogP contribution in [0.3, 0.4) is 0 Å². The van der Waals surface area contributed by atoms with Crippen molar-refractivity contribution in [3.05, 3.63) is 46.8 Å². The molecule has 1 aromatic carbocycles. The molecule has 0 heterocycles. The van der Waals surface area contributed by atoms with Crippen LogP contribution in [-0.4, -0.2) is 11.9 Å². The van der Waals surface area contributed by atoms with Crippen LogP contribution in [0.2, 0.25) is 0 Å². The molecule has 0 aliphatic heterocycles. The first kappa shape index (κ1) is 14.8. The summed E-state index contributed by atoms with van der Waals surface area (Å²) in [5.74, 6) is -15.2. The van der Waals surface area contributed by atoms with Crippen molar-refractivity contribution in [2.24, 2.45) is 0 Å². The number of ether oxygens (including phenoxy) is 1. The normalized spacial score (nSPS) is 10.2. The SMILES string of the molecule is C=C(C)C(=O)OC(=O)c1c(F)c(F)c(F)c(F)c1F. The van der Waals surface area contributed by atoms with Crippen LogP contribution in [0, 0.1) is 29.1 Å². The third kappa shape index (κ3) is 2.61. The Hall–Kier alpha value is -2.25. The molecule has 0 saturated carbocycles. The van der Waals surface area contributed by atoms with E-state index in [1.165, 1.54) is 0 Å². The number of rotatable bonds is 2. The molecule has 0 amide bonds. The van der Waals surface area contributed by atoms with Gasteiger partial charge in [-0.25, -0.2) is 31.5 Å². The Morgan fingerprint density at radius 1 is 0.895 bits per heavy atom. The van der Waals surface area contributed by atoms with E-state index in [0.29, 0.717) is 0 Å². The van der Waals surface area contributed by atoms with Gasteiger partial charge in [-0.3, -0.25) is 0 Å². The summed E-state index contributed by atoms with van der Waals surface area (Å²) in [7, 11) is 0. The standard InChI is InChI=1S/C11H5F5O3/c1-3(2)10(17)19-11(18)4-5(12)7(14)9(16)8(15)6(4)13/h1H2,2H3. The minimum atomic E-state index is -2.42. The molecule has 0 spiro atoms. The van der Waals surface area contributed by atoms with E-state index in [9.17, 15) is 31.5 Å². The third-order valence-corrected chi connectivity index (χ3v) is 1.95. The molecule has 19 heavy (non-hydrogen) atoms. The second kappa shape index (κ2) is 5.17. The van der Waals surface area contributed by atoms with Gasteiger partial charge >= 0.3 is 11.9 Å². The number of halogens is 5. The first-order valence-electron chi connectivity index (χ1n) is 4.61.